The first-order chi connectivity index (χ1) is 14.7. The highest BCUT2D eigenvalue weighted by atomic mass is 32.2. The van der Waals surface area contributed by atoms with Crippen LogP contribution in [0, 0.1) is 11.3 Å². The van der Waals surface area contributed by atoms with Crippen molar-refractivity contribution in [3.05, 3.63) is 83.4 Å². The molecule has 3 rings (SSSR count). The van der Waals surface area contributed by atoms with E-state index in [1.165, 1.54) is 60.7 Å². The number of hydrogen-bond acceptors (Lipinski definition) is 6. The molecule has 0 saturated carbocycles. The largest absolute Gasteiger partial charge is 0.478 e. The van der Waals surface area contributed by atoms with Crippen molar-refractivity contribution in [1.82, 2.24) is 0 Å². The van der Waals surface area contributed by atoms with Crippen molar-refractivity contribution in [3.8, 4) is 17.6 Å². The van der Waals surface area contributed by atoms with E-state index in [-0.39, 0.29) is 38.8 Å². The SMILES string of the molecule is N#Cc1ccc(S(=O)(=O)Nc2ccc(Oc3cccc(C(=O)O)c3)cc2C(=O)O)cc1. The maximum Gasteiger partial charge on any atom is 0.337 e. The highest BCUT2D eigenvalue weighted by Gasteiger charge is 2.19. The standard InChI is InChI=1S/C21H14N2O7S/c22-12-13-4-7-17(8-5-13)31(28,29)23-19-9-6-16(11-18(19)21(26)27)30-15-3-1-2-14(10-15)20(24)25/h1-11,23H,(H,24,25)(H,26,27). The molecule has 3 aromatic rings. The first kappa shape index (κ1) is 21.4. The molecule has 3 N–H and O–H groups in total. The fourth-order valence-electron chi connectivity index (χ4n) is 2.59. The molecule has 0 aliphatic rings. The van der Waals surface area contributed by atoms with Crippen LogP contribution in [0.1, 0.15) is 26.3 Å². The second-order valence-electron chi connectivity index (χ2n) is 6.19. The summed E-state index contributed by atoms with van der Waals surface area (Å²) < 4.78 is 32.9. The number of rotatable bonds is 7. The molecule has 0 amide bonds. The zero-order valence-corrected chi connectivity index (χ0v) is 16.5. The van der Waals surface area contributed by atoms with Gasteiger partial charge in [-0.3, -0.25) is 4.72 Å². The van der Waals surface area contributed by atoms with Crippen molar-refractivity contribution >= 4 is 27.6 Å². The molecule has 0 saturated heterocycles. The van der Waals surface area contributed by atoms with Crippen molar-refractivity contribution in [2.75, 3.05) is 4.72 Å². The maximum atomic E-state index is 12.6. The number of carboxylic acid groups (broad SMARTS) is 2. The summed E-state index contributed by atoms with van der Waals surface area (Å²) in [5.41, 5.74) is -0.297. The predicted octanol–water partition coefficient (Wildman–Crippen LogP) is 3.55. The summed E-state index contributed by atoms with van der Waals surface area (Å²) in [6, 6.07) is 16.3. The average molecular weight is 438 g/mol. The van der Waals surface area contributed by atoms with Gasteiger partial charge in [-0.25, -0.2) is 18.0 Å². The summed E-state index contributed by atoms with van der Waals surface area (Å²) in [5.74, 6) is -2.31. The van der Waals surface area contributed by atoms with E-state index in [4.69, 9.17) is 15.1 Å². The quantitative estimate of drug-likeness (QED) is 0.506. The van der Waals surface area contributed by atoms with E-state index in [1.807, 2.05) is 6.07 Å². The lowest BCUT2D eigenvalue weighted by atomic mass is 10.1. The van der Waals surface area contributed by atoms with E-state index >= 15 is 0 Å². The van der Waals surface area contributed by atoms with E-state index in [9.17, 15) is 23.1 Å². The van der Waals surface area contributed by atoms with Crippen LogP contribution in [-0.4, -0.2) is 30.6 Å². The summed E-state index contributed by atoms with van der Waals surface area (Å²) in [4.78, 5) is 22.6. The van der Waals surface area contributed by atoms with Crippen LogP contribution in [0.5, 0.6) is 11.5 Å². The minimum atomic E-state index is -4.11. The van der Waals surface area contributed by atoms with Crippen molar-refractivity contribution in [1.29, 1.82) is 5.26 Å². The number of aromatic carboxylic acids is 2. The van der Waals surface area contributed by atoms with Crippen LogP contribution in [0.15, 0.2) is 71.6 Å². The number of nitrogens with zero attached hydrogens (tertiary/aromatic N) is 1. The lowest BCUT2D eigenvalue weighted by molar-refractivity contribution is 0.0686. The van der Waals surface area contributed by atoms with Gasteiger partial charge in [0.05, 0.1) is 33.3 Å². The van der Waals surface area contributed by atoms with Crippen LogP contribution in [0.2, 0.25) is 0 Å². The Kier molecular flexibility index (Phi) is 5.90. The Morgan fingerprint density at radius 1 is 0.903 bits per heavy atom. The molecule has 0 unspecified atom stereocenters. The number of nitriles is 1. The number of benzene rings is 3. The summed E-state index contributed by atoms with van der Waals surface area (Å²) in [6.07, 6.45) is 0. The second-order valence-corrected chi connectivity index (χ2v) is 7.87. The van der Waals surface area contributed by atoms with Crippen LogP contribution in [0.25, 0.3) is 0 Å². The van der Waals surface area contributed by atoms with E-state index in [1.54, 1.807) is 0 Å². The highest BCUT2D eigenvalue weighted by molar-refractivity contribution is 7.92. The summed E-state index contributed by atoms with van der Waals surface area (Å²) >= 11 is 0. The van der Waals surface area contributed by atoms with Gasteiger partial charge in [0.15, 0.2) is 0 Å². The lowest BCUT2D eigenvalue weighted by Gasteiger charge is -2.13. The van der Waals surface area contributed by atoms with Crippen molar-refractivity contribution in [3.63, 3.8) is 0 Å². The van der Waals surface area contributed by atoms with Gasteiger partial charge in [-0.05, 0) is 60.7 Å². The number of ether oxygens (including phenoxy) is 1. The summed E-state index contributed by atoms with van der Waals surface area (Å²) in [5, 5.41) is 27.4. The summed E-state index contributed by atoms with van der Waals surface area (Å²) in [7, 11) is -4.11. The number of anilines is 1. The Bertz CT molecular complexity index is 1310. The number of sulfonamides is 1. The Labute approximate surface area is 176 Å². The Hall–Kier alpha value is -4.36. The van der Waals surface area contributed by atoms with Crippen LogP contribution in [0.4, 0.5) is 5.69 Å². The van der Waals surface area contributed by atoms with E-state index in [0.717, 1.165) is 6.07 Å². The van der Waals surface area contributed by atoms with Gasteiger partial charge in [0.2, 0.25) is 0 Å². The molecule has 31 heavy (non-hydrogen) atoms. The van der Waals surface area contributed by atoms with Gasteiger partial charge in [0.1, 0.15) is 11.5 Å². The molecule has 0 bridgehead atoms. The monoisotopic (exact) mass is 438 g/mol. The third-order valence-electron chi connectivity index (χ3n) is 4.08. The Morgan fingerprint density at radius 3 is 2.19 bits per heavy atom. The summed E-state index contributed by atoms with van der Waals surface area (Å²) in [6.45, 7) is 0. The van der Waals surface area contributed by atoms with Crippen molar-refractivity contribution < 1.29 is 33.0 Å². The van der Waals surface area contributed by atoms with Gasteiger partial charge in [0.25, 0.3) is 10.0 Å². The molecule has 0 aliphatic heterocycles. The van der Waals surface area contributed by atoms with Gasteiger partial charge < -0.3 is 14.9 Å². The normalized spacial score (nSPS) is 10.7. The first-order valence-corrected chi connectivity index (χ1v) is 10.1. The molecule has 156 valence electrons. The van der Waals surface area contributed by atoms with Gasteiger partial charge >= 0.3 is 11.9 Å². The maximum absolute atomic E-state index is 12.6. The topological polar surface area (TPSA) is 154 Å². The zero-order chi connectivity index (χ0) is 22.6. The molecule has 3 aromatic carbocycles. The fraction of sp³-hybridized carbons (Fsp3) is 0. The molecule has 0 aromatic heterocycles. The fourth-order valence-corrected chi connectivity index (χ4v) is 3.67. The molecule has 0 aliphatic carbocycles. The third kappa shape index (κ3) is 4.98. The van der Waals surface area contributed by atoms with Crippen LogP contribution in [-0.2, 0) is 10.0 Å². The first-order valence-electron chi connectivity index (χ1n) is 8.61. The molecule has 0 fully saturated rings. The molecule has 0 heterocycles. The Morgan fingerprint density at radius 2 is 1.58 bits per heavy atom. The Balaban J connectivity index is 1.90. The molecule has 0 spiro atoms. The number of nitrogens with one attached hydrogen (secondary N) is 1. The van der Waals surface area contributed by atoms with Gasteiger partial charge in [0, 0.05) is 0 Å². The van der Waals surface area contributed by atoms with E-state index in [0.29, 0.717) is 0 Å². The van der Waals surface area contributed by atoms with Gasteiger partial charge in [-0.15, -0.1) is 0 Å². The molecule has 0 radical (unpaired) electrons. The highest BCUT2D eigenvalue weighted by Crippen LogP contribution is 2.28. The number of hydrogen-bond donors (Lipinski definition) is 3. The molecule has 0 atom stereocenters. The van der Waals surface area contributed by atoms with E-state index in [2.05, 4.69) is 4.72 Å². The van der Waals surface area contributed by atoms with Crippen LogP contribution in [0.3, 0.4) is 0 Å². The van der Waals surface area contributed by atoms with Crippen molar-refractivity contribution in [2.24, 2.45) is 0 Å². The predicted molar refractivity (Wildman–Crippen MR) is 109 cm³/mol. The second kappa shape index (κ2) is 8.56. The van der Waals surface area contributed by atoms with E-state index < -0.39 is 22.0 Å². The third-order valence-corrected chi connectivity index (χ3v) is 5.46. The minimum Gasteiger partial charge on any atom is -0.478 e. The molecule has 9 nitrogen and oxygen atoms in total. The van der Waals surface area contributed by atoms with Gasteiger partial charge in [-0.1, -0.05) is 6.07 Å². The smallest absolute Gasteiger partial charge is 0.337 e. The van der Waals surface area contributed by atoms with Crippen molar-refractivity contribution in [2.45, 2.75) is 4.90 Å². The number of carboxylic acids is 2. The average Bonchev–Trinajstić information content (AvgIpc) is 2.74. The van der Waals surface area contributed by atoms with Crippen LogP contribution >= 0.6 is 0 Å². The molecular formula is C21H14N2O7S. The van der Waals surface area contributed by atoms with Gasteiger partial charge in [-0.2, -0.15) is 5.26 Å². The number of carbonyl (C=O) groups is 2. The lowest BCUT2D eigenvalue weighted by Crippen LogP contribution is -2.15. The molecule has 10 heteroatoms. The zero-order valence-electron chi connectivity index (χ0n) is 15.6. The molecular weight excluding hydrogens is 424 g/mol. The van der Waals surface area contributed by atoms with Crippen LogP contribution < -0.4 is 9.46 Å². The minimum absolute atomic E-state index is 0.0113.